The molecule has 11 nitrogen and oxygen atoms in total. The quantitative estimate of drug-likeness (QED) is 0.214. The van der Waals surface area contributed by atoms with Crippen LogP contribution in [0.2, 0.25) is 0 Å². The number of aliphatic carboxylic acids is 1. The Labute approximate surface area is 215 Å². The van der Waals surface area contributed by atoms with Crippen LogP contribution in [0.25, 0.3) is 0 Å². The molecule has 1 aliphatic carbocycles. The van der Waals surface area contributed by atoms with Gasteiger partial charge in [-0.1, -0.05) is 18.2 Å². The number of hydrogen-bond donors (Lipinski definition) is 9. The Morgan fingerprint density at radius 3 is 2.32 bits per heavy atom. The number of fused-ring (bicyclic) bond motifs is 1. The summed E-state index contributed by atoms with van der Waals surface area (Å²) in [6, 6.07) is 7.66. The second-order valence-corrected chi connectivity index (χ2v) is 10.1. The number of hydrogen-bond acceptors (Lipinski definition) is 10. The minimum Gasteiger partial charge on any atom is -0.504 e. The van der Waals surface area contributed by atoms with Crippen molar-refractivity contribution < 1.29 is 45.3 Å². The lowest BCUT2D eigenvalue weighted by atomic mass is 9.87. The first-order valence-corrected chi connectivity index (χ1v) is 11.9. The van der Waals surface area contributed by atoms with E-state index in [2.05, 4.69) is 5.32 Å². The Balaban J connectivity index is 0.000000281. The average Bonchev–Trinajstić information content (AvgIpc) is 2.83. The van der Waals surface area contributed by atoms with E-state index in [0.717, 1.165) is 23.3 Å². The summed E-state index contributed by atoms with van der Waals surface area (Å²) in [6.07, 6.45) is -2.71. The zero-order chi connectivity index (χ0) is 27.9. The van der Waals surface area contributed by atoms with Crippen LogP contribution in [0.1, 0.15) is 43.6 Å². The van der Waals surface area contributed by atoms with Gasteiger partial charge in [-0.3, -0.25) is 4.79 Å². The topological polar surface area (TPSA) is 206 Å². The smallest absolute Gasteiger partial charge is 0.323 e. The molecule has 0 bridgehead atoms. The largest absolute Gasteiger partial charge is 0.504 e. The molecule has 37 heavy (non-hydrogen) atoms. The number of β-amino-alcohol motifs (C(OH)–C–C–N with tert-alkyl or cyclic N) is 1. The monoisotopic (exact) mass is 522 g/mol. The third kappa shape index (κ3) is 9.15. The van der Waals surface area contributed by atoms with Crippen molar-refractivity contribution in [2.45, 2.75) is 69.6 Å². The number of benzene rings is 2. The van der Waals surface area contributed by atoms with E-state index >= 15 is 0 Å². The predicted molar refractivity (Wildman–Crippen MR) is 135 cm³/mol. The molecule has 5 atom stereocenters. The number of rotatable bonds is 8. The lowest BCUT2D eigenvalue weighted by molar-refractivity contribution is -0.141. The van der Waals surface area contributed by atoms with Gasteiger partial charge in [0.2, 0.25) is 0 Å². The minimum absolute atomic E-state index is 0.0485. The first kappa shape index (κ1) is 30.3. The lowest BCUT2D eigenvalue weighted by Gasteiger charge is -2.28. The van der Waals surface area contributed by atoms with Crippen molar-refractivity contribution in [3.8, 4) is 17.2 Å². The van der Waals surface area contributed by atoms with Gasteiger partial charge in [-0.2, -0.15) is 0 Å². The minimum atomic E-state index is -1.48. The third-order valence-corrected chi connectivity index (χ3v) is 5.78. The molecule has 10 N–H and O–H groups in total. The van der Waals surface area contributed by atoms with Crippen molar-refractivity contribution in [3.05, 3.63) is 53.1 Å². The Kier molecular flexibility index (Phi) is 10.7. The number of carbonyl (C=O) groups is 1. The lowest BCUT2D eigenvalue weighted by Crippen LogP contribution is -2.42. The molecule has 0 saturated carbocycles. The van der Waals surface area contributed by atoms with Gasteiger partial charge in [-0.25, -0.2) is 0 Å². The summed E-state index contributed by atoms with van der Waals surface area (Å²) in [5.41, 5.74) is 7.19. The number of ether oxygens (including phenoxy) is 1. The third-order valence-electron chi connectivity index (χ3n) is 5.78. The fourth-order valence-electron chi connectivity index (χ4n) is 3.61. The SMILES string of the molecule is CC(C)(C)NCC(O)COc1cccc2c1C[C@H](O)[C@H](O)C2.N[C@H](C(=O)O)[C@@H](O)c1ccc(O)c(O)c1. The zero-order valence-electron chi connectivity index (χ0n) is 21.2. The predicted octanol–water partition coefficient (Wildman–Crippen LogP) is 0.178. The molecule has 0 heterocycles. The van der Waals surface area contributed by atoms with Gasteiger partial charge >= 0.3 is 5.97 Å². The first-order chi connectivity index (χ1) is 17.2. The van der Waals surface area contributed by atoms with Gasteiger partial charge in [0.15, 0.2) is 11.5 Å². The zero-order valence-corrected chi connectivity index (χ0v) is 21.2. The molecule has 0 aliphatic heterocycles. The van der Waals surface area contributed by atoms with E-state index in [1.165, 1.54) is 6.07 Å². The Morgan fingerprint density at radius 1 is 1.08 bits per heavy atom. The molecule has 0 fully saturated rings. The van der Waals surface area contributed by atoms with Crippen molar-refractivity contribution >= 4 is 5.97 Å². The van der Waals surface area contributed by atoms with E-state index in [-0.39, 0.29) is 23.5 Å². The number of phenols is 2. The van der Waals surface area contributed by atoms with Crippen LogP contribution in [0.4, 0.5) is 0 Å². The van der Waals surface area contributed by atoms with Crippen LogP contribution in [0.3, 0.4) is 0 Å². The number of aliphatic hydroxyl groups excluding tert-OH is 4. The molecule has 0 saturated heterocycles. The van der Waals surface area contributed by atoms with Gasteiger partial charge in [0.25, 0.3) is 0 Å². The molecule has 0 spiro atoms. The highest BCUT2D eigenvalue weighted by Crippen LogP contribution is 2.30. The van der Waals surface area contributed by atoms with Crippen LogP contribution >= 0.6 is 0 Å². The highest BCUT2D eigenvalue weighted by Gasteiger charge is 2.27. The molecule has 3 rings (SSSR count). The summed E-state index contributed by atoms with van der Waals surface area (Å²) in [5, 5.41) is 68.9. The molecule has 0 radical (unpaired) electrons. The summed E-state index contributed by atoms with van der Waals surface area (Å²) in [4.78, 5) is 10.5. The molecule has 2 aromatic carbocycles. The molecular weight excluding hydrogens is 484 g/mol. The Bertz CT molecular complexity index is 1040. The molecule has 0 aromatic heterocycles. The number of phenolic OH excluding ortho intramolecular Hbond substituents is 2. The number of nitrogens with two attached hydrogens (primary N) is 1. The van der Waals surface area contributed by atoms with E-state index in [9.17, 15) is 25.2 Å². The van der Waals surface area contributed by atoms with Crippen molar-refractivity contribution in [2.24, 2.45) is 5.73 Å². The molecule has 1 aliphatic rings. The highest BCUT2D eigenvalue weighted by atomic mass is 16.5. The second kappa shape index (κ2) is 13.0. The van der Waals surface area contributed by atoms with Gasteiger partial charge < -0.3 is 51.5 Å². The van der Waals surface area contributed by atoms with Crippen LogP contribution in [-0.4, -0.2) is 84.8 Å². The van der Waals surface area contributed by atoms with Crippen molar-refractivity contribution in [3.63, 3.8) is 0 Å². The summed E-state index contributed by atoms with van der Waals surface area (Å²) in [5.74, 6) is -1.47. The highest BCUT2D eigenvalue weighted by molar-refractivity contribution is 5.74. The average molecular weight is 523 g/mol. The van der Waals surface area contributed by atoms with Gasteiger partial charge in [-0.05, 0) is 50.1 Å². The number of carboxylic acid groups (broad SMARTS) is 1. The van der Waals surface area contributed by atoms with Gasteiger partial charge in [0, 0.05) is 30.5 Å². The summed E-state index contributed by atoms with van der Waals surface area (Å²) < 4.78 is 5.73. The molecule has 11 heteroatoms. The van der Waals surface area contributed by atoms with Gasteiger partial charge in [0.05, 0.1) is 12.2 Å². The van der Waals surface area contributed by atoms with E-state index in [4.69, 9.17) is 25.8 Å². The maximum absolute atomic E-state index is 10.5. The van der Waals surface area contributed by atoms with Crippen LogP contribution in [0.5, 0.6) is 17.2 Å². The van der Waals surface area contributed by atoms with Crippen LogP contribution in [-0.2, 0) is 17.6 Å². The van der Waals surface area contributed by atoms with E-state index in [1.807, 2.05) is 39.0 Å². The van der Waals surface area contributed by atoms with Crippen molar-refractivity contribution in [1.82, 2.24) is 5.32 Å². The fourth-order valence-corrected chi connectivity index (χ4v) is 3.61. The maximum Gasteiger partial charge on any atom is 0.323 e. The van der Waals surface area contributed by atoms with Crippen LogP contribution in [0.15, 0.2) is 36.4 Å². The molecule has 2 aromatic rings. The molecule has 206 valence electrons. The van der Waals surface area contributed by atoms with Gasteiger partial charge in [0.1, 0.15) is 30.6 Å². The summed E-state index contributed by atoms with van der Waals surface area (Å²) in [7, 11) is 0. The van der Waals surface area contributed by atoms with Crippen LogP contribution < -0.4 is 15.8 Å². The fraction of sp³-hybridized carbons (Fsp3) is 0.500. The standard InChI is InChI=1S/C17H27NO4.C9H11NO5/c1-17(2,3)18-9-12(19)10-22-16-6-4-5-11-7-14(20)15(21)8-13(11)16;10-7(9(14)15)8(13)4-1-2-5(11)6(12)3-4/h4-6,12,14-15,18-21H,7-10H2,1-3H3;1-3,7-8,11-13H,10H2,(H,14,15)/t12?,14-,15+;7-,8-/m10/s1. The maximum atomic E-state index is 10.5. The van der Waals surface area contributed by atoms with E-state index in [1.54, 1.807) is 0 Å². The van der Waals surface area contributed by atoms with E-state index in [0.29, 0.717) is 25.1 Å². The second-order valence-electron chi connectivity index (χ2n) is 10.1. The Morgan fingerprint density at radius 2 is 1.73 bits per heavy atom. The van der Waals surface area contributed by atoms with E-state index < -0.39 is 42.2 Å². The number of aliphatic hydroxyl groups is 4. The number of nitrogens with one attached hydrogen (secondary N) is 1. The number of aromatic hydroxyl groups is 2. The number of carboxylic acids is 1. The van der Waals surface area contributed by atoms with Gasteiger partial charge in [-0.15, -0.1) is 0 Å². The van der Waals surface area contributed by atoms with Crippen LogP contribution in [0, 0.1) is 0 Å². The first-order valence-electron chi connectivity index (χ1n) is 11.9. The molecule has 0 amide bonds. The summed E-state index contributed by atoms with van der Waals surface area (Å²) in [6.45, 7) is 6.78. The Hall–Kier alpha value is -2.93. The summed E-state index contributed by atoms with van der Waals surface area (Å²) >= 11 is 0. The molecule has 1 unspecified atom stereocenters. The molecular formula is C26H38N2O9. The van der Waals surface area contributed by atoms with Crippen molar-refractivity contribution in [2.75, 3.05) is 13.2 Å². The van der Waals surface area contributed by atoms with Crippen molar-refractivity contribution in [1.29, 1.82) is 0 Å². The normalized spacial score (nSPS) is 19.6.